The number of hydrogen-bond donors (Lipinski definition) is 1. The summed E-state index contributed by atoms with van der Waals surface area (Å²) in [7, 11) is -1.37. The van der Waals surface area contributed by atoms with E-state index in [-0.39, 0.29) is 5.91 Å². The summed E-state index contributed by atoms with van der Waals surface area (Å²) in [6.07, 6.45) is 0. The van der Waals surface area contributed by atoms with Gasteiger partial charge in [-0.15, -0.1) is 0 Å². The first-order chi connectivity index (χ1) is 5.68. The van der Waals surface area contributed by atoms with Crippen LogP contribution >= 0.6 is 15.9 Å². The predicted octanol–water partition coefficient (Wildman–Crippen LogP) is 1.22. The second-order valence-electron chi connectivity index (χ2n) is 2.34. The number of halogens is 1. The number of nitrogens with one attached hydrogen (secondary N) is 1. The van der Waals surface area contributed by atoms with Crippen molar-refractivity contribution in [3.8, 4) is 0 Å². The van der Waals surface area contributed by atoms with Crippen molar-refractivity contribution in [2.75, 3.05) is 0 Å². The molecule has 0 fully saturated rings. The first kappa shape index (κ1) is 7.94. The number of hydrogen-bond acceptors (Lipinski definition) is 2. The largest absolute Gasteiger partial charge is 0.268 e. The van der Waals surface area contributed by atoms with Gasteiger partial charge in [0, 0.05) is 4.47 Å². The standard InChI is InChI=1S/C7H4BrNO2S/c8-4-1-2-5-6(3-4)12(11)9-7(5)10/h1-3H,(H,9,10). The van der Waals surface area contributed by atoms with E-state index in [1.165, 1.54) is 0 Å². The molecule has 0 saturated heterocycles. The van der Waals surface area contributed by atoms with Gasteiger partial charge in [-0.3, -0.25) is 9.52 Å². The third kappa shape index (κ3) is 1.09. The van der Waals surface area contributed by atoms with Crippen LogP contribution in [-0.4, -0.2) is 10.1 Å². The Morgan fingerprint density at radius 2 is 2.17 bits per heavy atom. The third-order valence-electron chi connectivity index (χ3n) is 1.57. The molecule has 1 aliphatic rings. The molecular formula is C7H4BrNO2S. The van der Waals surface area contributed by atoms with Crippen LogP contribution in [0, 0.1) is 0 Å². The van der Waals surface area contributed by atoms with Gasteiger partial charge in [0.15, 0.2) is 11.0 Å². The smallest absolute Gasteiger partial charge is 0.264 e. The number of carbonyl (C=O) groups is 1. The molecule has 1 unspecified atom stereocenters. The first-order valence-corrected chi connectivity index (χ1v) is 5.15. The molecule has 62 valence electrons. The summed E-state index contributed by atoms with van der Waals surface area (Å²) < 4.78 is 14.3. The lowest BCUT2D eigenvalue weighted by Crippen LogP contribution is -2.15. The lowest BCUT2D eigenvalue weighted by molar-refractivity contribution is 0.0986. The molecule has 0 spiro atoms. The van der Waals surface area contributed by atoms with Gasteiger partial charge in [-0.05, 0) is 18.2 Å². The highest BCUT2D eigenvalue weighted by Crippen LogP contribution is 2.23. The van der Waals surface area contributed by atoms with Crippen molar-refractivity contribution in [1.82, 2.24) is 4.72 Å². The van der Waals surface area contributed by atoms with Crippen molar-refractivity contribution in [2.45, 2.75) is 4.90 Å². The zero-order chi connectivity index (χ0) is 8.72. The van der Waals surface area contributed by atoms with E-state index in [2.05, 4.69) is 20.7 Å². The molecule has 1 N–H and O–H groups in total. The fourth-order valence-electron chi connectivity index (χ4n) is 1.03. The highest BCUT2D eigenvalue weighted by Gasteiger charge is 2.25. The summed E-state index contributed by atoms with van der Waals surface area (Å²) in [5.41, 5.74) is 0.497. The van der Waals surface area contributed by atoms with Crippen molar-refractivity contribution in [3.63, 3.8) is 0 Å². The van der Waals surface area contributed by atoms with E-state index in [0.717, 1.165) is 4.47 Å². The molecule has 3 nitrogen and oxygen atoms in total. The van der Waals surface area contributed by atoms with Crippen molar-refractivity contribution in [2.24, 2.45) is 0 Å². The van der Waals surface area contributed by atoms with Crippen LogP contribution in [0.5, 0.6) is 0 Å². The molecule has 1 aromatic carbocycles. The number of amides is 1. The Kier molecular flexibility index (Phi) is 1.77. The lowest BCUT2D eigenvalue weighted by atomic mass is 10.2. The van der Waals surface area contributed by atoms with E-state index in [4.69, 9.17) is 0 Å². The number of carbonyl (C=O) groups excluding carboxylic acids is 1. The van der Waals surface area contributed by atoms with E-state index in [1.54, 1.807) is 18.2 Å². The maximum Gasteiger partial charge on any atom is 0.264 e. The van der Waals surface area contributed by atoms with Crippen LogP contribution in [0.25, 0.3) is 0 Å². The van der Waals surface area contributed by atoms with E-state index in [0.29, 0.717) is 10.5 Å². The SMILES string of the molecule is O=C1NS(=O)c2cc(Br)ccc21. The quantitative estimate of drug-likeness (QED) is 0.748. The zero-order valence-corrected chi connectivity index (χ0v) is 8.24. The normalized spacial score (nSPS) is 20.4. The Morgan fingerprint density at radius 1 is 1.42 bits per heavy atom. The molecule has 12 heavy (non-hydrogen) atoms. The van der Waals surface area contributed by atoms with Crippen molar-refractivity contribution >= 4 is 32.8 Å². The molecule has 0 bridgehead atoms. The topological polar surface area (TPSA) is 46.2 Å². The van der Waals surface area contributed by atoms with Crippen molar-refractivity contribution < 1.29 is 9.00 Å². The Hall–Kier alpha value is -0.680. The van der Waals surface area contributed by atoms with Gasteiger partial charge >= 0.3 is 0 Å². The van der Waals surface area contributed by atoms with Crippen LogP contribution in [-0.2, 0) is 11.0 Å². The van der Waals surface area contributed by atoms with Gasteiger partial charge in [0.2, 0.25) is 0 Å². The molecule has 2 rings (SSSR count). The van der Waals surface area contributed by atoms with Gasteiger partial charge in [-0.2, -0.15) is 0 Å². The maximum atomic E-state index is 11.2. The second kappa shape index (κ2) is 2.67. The Morgan fingerprint density at radius 3 is 2.92 bits per heavy atom. The molecule has 1 amide bonds. The van der Waals surface area contributed by atoms with Crippen LogP contribution in [0.15, 0.2) is 27.6 Å². The molecule has 0 aliphatic carbocycles. The highest BCUT2D eigenvalue weighted by molar-refractivity contribution is 9.10. The fourth-order valence-corrected chi connectivity index (χ4v) is 2.53. The van der Waals surface area contributed by atoms with Crippen LogP contribution in [0.1, 0.15) is 10.4 Å². The average Bonchev–Trinajstić information content (AvgIpc) is 2.28. The van der Waals surface area contributed by atoms with Gasteiger partial charge in [0.05, 0.1) is 10.5 Å². The van der Waals surface area contributed by atoms with E-state index in [9.17, 15) is 9.00 Å². The summed E-state index contributed by atoms with van der Waals surface area (Å²) >= 11 is 3.24. The molecule has 0 aromatic heterocycles. The molecule has 1 aromatic rings. The average molecular weight is 246 g/mol. The molecule has 0 radical (unpaired) electrons. The van der Waals surface area contributed by atoms with Gasteiger partial charge in [-0.1, -0.05) is 15.9 Å². The molecule has 1 atom stereocenters. The predicted molar refractivity (Wildman–Crippen MR) is 48.0 cm³/mol. The molecular weight excluding hydrogens is 242 g/mol. The van der Waals surface area contributed by atoms with Crippen LogP contribution in [0.2, 0.25) is 0 Å². The third-order valence-corrected chi connectivity index (χ3v) is 3.17. The van der Waals surface area contributed by atoms with Gasteiger partial charge in [0.1, 0.15) is 0 Å². The number of benzene rings is 1. The van der Waals surface area contributed by atoms with Crippen molar-refractivity contribution in [1.29, 1.82) is 0 Å². The van der Waals surface area contributed by atoms with Gasteiger partial charge in [0.25, 0.3) is 5.91 Å². The first-order valence-electron chi connectivity index (χ1n) is 3.21. The number of fused-ring (bicyclic) bond motifs is 1. The lowest BCUT2D eigenvalue weighted by Gasteiger charge is -1.93. The van der Waals surface area contributed by atoms with E-state index >= 15 is 0 Å². The molecule has 5 heteroatoms. The van der Waals surface area contributed by atoms with Crippen molar-refractivity contribution in [3.05, 3.63) is 28.2 Å². The molecule has 1 aliphatic heterocycles. The minimum atomic E-state index is -1.37. The Labute approximate surface area is 79.9 Å². The molecule has 0 saturated carbocycles. The van der Waals surface area contributed by atoms with Gasteiger partial charge in [-0.25, -0.2) is 4.21 Å². The van der Waals surface area contributed by atoms with E-state index in [1.807, 2.05) is 0 Å². The summed E-state index contributed by atoms with van der Waals surface area (Å²) in [6.45, 7) is 0. The van der Waals surface area contributed by atoms with Gasteiger partial charge < -0.3 is 0 Å². The Bertz CT molecular complexity index is 391. The monoisotopic (exact) mass is 245 g/mol. The maximum absolute atomic E-state index is 11.2. The van der Waals surface area contributed by atoms with E-state index < -0.39 is 11.0 Å². The minimum absolute atomic E-state index is 0.268. The van der Waals surface area contributed by atoms with Crippen LogP contribution in [0.4, 0.5) is 0 Å². The molecule has 1 heterocycles. The zero-order valence-electron chi connectivity index (χ0n) is 5.83. The summed E-state index contributed by atoms with van der Waals surface area (Å²) in [5.74, 6) is -0.268. The fraction of sp³-hybridized carbons (Fsp3) is 0. The van der Waals surface area contributed by atoms with Crippen LogP contribution < -0.4 is 4.72 Å². The Balaban J connectivity index is 2.68. The summed E-state index contributed by atoms with van der Waals surface area (Å²) in [6, 6.07) is 5.09. The summed E-state index contributed by atoms with van der Waals surface area (Å²) in [5, 5.41) is 0. The second-order valence-corrected chi connectivity index (χ2v) is 4.44. The highest BCUT2D eigenvalue weighted by atomic mass is 79.9. The van der Waals surface area contributed by atoms with Crippen LogP contribution in [0.3, 0.4) is 0 Å². The minimum Gasteiger partial charge on any atom is -0.268 e. The summed E-state index contributed by atoms with van der Waals surface area (Å²) in [4.78, 5) is 11.6. The number of rotatable bonds is 0.